The van der Waals surface area contributed by atoms with E-state index in [1.807, 2.05) is 54.6 Å². The Morgan fingerprint density at radius 2 is 1.80 bits per heavy atom. The average Bonchev–Trinajstić information content (AvgIpc) is 2.92. The predicted octanol–water partition coefficient (Wildman–Crippen LogP) is 3.20. The van der Waals surface area contributed by atoms with Crippen LogP contribution in [0.2, 0.25) is 0 Å². The van der Waals surface area contributed by atoms with Crippen molar-refractivity contribution in [2.45, 2.75) is 0 Å². The van der Waals surface area contributed by atoms with E-state index in [2.05, 4.69) is 10.5 Å². The number of carbonyl (C=O) groups is 1. The number of hydrogen-bond acceptors (Lipinski definition) is 3. The summed E-state index contributed by atoms with van der Waals surface area (Å²) < 4.78 is 5.32. The highest BCUT2D eigenvalue weighted by Gasteiger charge is 2.12. The number of hydrogen-bond donors (Lipinski definition) is 1. The molecule has 0 aliphatic heterocycles. The van der Waals surface area contributed by atoms with E-state index < -0.39 is 0 Å². The van der Waals surface area contributed by atoms with E-state index in [0.29, 0.717) is 11.1 Å². The number of benzene rings is 2. The van der Waals surface area contributed by atoms with Crippen LogP contribution in [0.25, 0.3) is 11.0 Å². The summed E-state index contributed by atoms with van der Waals surface area (Å²) in [5, 5.41) is 4.72. The van der Waals surface area contributed by atoms with Crippen LogP contribution in [-0.2, 0) is 0 Å². The Labute approximate surface area is 115 Å². The van der Waals surface area contributed by atoms with E-state index in [4.69, 9.17) is 4.42 Å². The Balaban J connectivity index is 1.75. The molecule has 4 nitrogen and oxygen atoms in total. The second-order valence-electron chi connectivity index (χ2n) is 4.26. The molecular formula is C16H12N2O2. The molecule has 0 radical (unpaired) electrons. The molecule has 4 heteroatoms. The van der Waals surface area contributed by atoms with Crippen LogP contribution >= 0.6 is 0 Å². The van der Waals surface area contributed by atoms with Gasteiger partial charge in [-0.15, -0.1) is 0 Å². The molecule has 0 saturated carbocycles. The number of hydrazone groups is 1. The molecule has 3 aromatic rings. The second-order valence-corrected chi connectivity index (χ2v) is 4.26. The van der Waals surface area contributed by atoms with Gasteiger partial charge in [-0.25, -0.2) is 5.43 Å². The third-order valence-electron chi connectivity index (χ3n) is 2.90. The molecule has 0 aliphatic rings. The quantitative estimate of drug-likeness (QED) is 0.583. The maximum Gasteiger partial charge on any atom is 0.275 e. The number of nitrogens with zero attached hydrogens (tertiary/aromatic N) is 1. The molecule has 0 unspecified atom stereocenters. The van der Waals surface area contributed by atoms with E-state index in [0.717, 1.165) is 10.9 Å². The largest absolute Gasteiger partial charge is 0.463 e. The molecule has 98 valence electrons. The molecule has 0 fully saturated rings. The van der Waals surface area contributed by atoms with E-state index in [1.165, 1.54) is 6.26 Å². The van der Waals surface area contributed by atoms with E-state index >= 15 is 0 Å². The number of amides is 1. The molecule has 1 amide bonds. The van der Waals surface area contributed by atoms with Gasteiger partial charge in [-0.3, -0.25) is 4.79 Å². The summed E-state index contributed by atoms with van der Waals surface area (Å²) in [6.45, 7) is 0. The lowest BCUT2D eigenvalue weighted by molar-refractivity contribution is 0.0956. The Morgan fingerprint density at radius 3 is 2.65 bits per heavy atom. The fraction of sp³-hybridized carbons (Fsp3) is 0. The molecule has 1 N–H and O–H groups in total. The van der Waals surface area contributed by atoms with E-state index in [1.54, 1.807) is 6.21 Å². The van der Waals surface area contributed by atoms with Crippen molar-refractivity contribution in [1.29, 1.82) is 0 Å². The molecule has 0 bridgehead atoms. The zero-order valence-corrected chi connectivity index (χ0v) is 10.6. The van der Waals surface area contributed by atoms with Gasteiger partial charge in [-0.1, -0.05) is 48.5 Å². The summed E-state index contributed by atoms with van der Waals surface area (Å²) in [5.41, 5.74) is 4.58. The highest BCUT2D eigenvalue weighted by atomic mass is 16.3. The maximum absolute atomic E-state index is 12.0. The number of rotatable bonds is 3. The lowest BCUT2D eigenvalue weighted by Gasteiger charge is -1.97. The predicted molar refractivity (Wildman–Crippen MR) is 77.7 cm³/mol. The van der Waals surface area contributed by atoms with Gasteiger partial charge in [0, 0.05) is 5.39 Å². The van der Waals surface area contributed by atoms with Gasteiger partial charge in [-0.2, -0.15) is 5.10 Å². The smallest absolute Gasteiger partial charge is 0.275 e. The van der Waals surface area contributed by atoms with Gasteiger partial charge in [0.15, 0.2) is 0 Å². The standard InChI is InChI=1S/C16H12N2O2/c19-16(18-17-10-12-6-2-1-3-7-12)14-11-20-15-9-5-4-8-13(14)15/h1-11H,(H,18,19). The SMILES string of the molecule is O=C(NN=Cc1ccccc1)c1coc2ccccc12. The molecule has 20 heavy (non-hydrogen) atoms. The van der Waals surface area contributed by atoms with Crippen molar-refractivity contribution in [2.75, 3.05) is 0 Å². The van der Waals surface area contributed by atoms with E-state index in [9.17, 15) is 4.79 Å². The Hall–Kier alpha value is -2.88. The van der Waals surface area contributed by atoms with Crippen LogP contribution in [0, 0.1) is 0 Å². The van der Waals surface area contributed by atoms with Gasteiger partial charge in [0.05, 0.1) is 11.8 Å². The monoisotopic (exact) mass is 264 g/mol. The fourth-order valence-corrected chi connectivity index (χ4v) is 1.92. The van der Waals surface area contributed by atoms with E-state index in [-0.39, 0.29) is 5.91 Å². The zero-order chi connectivity index (χ0) is 13.8. The van der Waals surface area contributed by atoms with Crippen molar-refractivity contribution >= 4 is 23.1 Å². The number of para-hydroxylation sites is 1. The van der Waals surface area contributed by atoms with Gasteiger partial charge >= 0.3 is 0 Å². The molecule has 0 atom stereocenters. The number of fused-ring (bicyclic) bond motifs is 1. The van der Waals surface area contributed by atoms with Gasteiger partial charge in [-0.05, 0) is 11.6 Å². The van der Waals surface area contributed by atoms with Crippen LogP contribution < -0.4 is 5.43 Å². The summed E-state index contributed by atoms with van der Waals surface area (Å²) in [6, 6.07) is 16.9. The van der Waals surface area contributed by atoms with Gasteiger partial charge < -0.3 is 4.42 Å². The van der Waals surface area contributed by atoms with Crippen LogP contribution in [0.15, 0.2) is 70.4 Å². The third kappa shape index (κ3) is 2.44. The summed E-state index contributed by atoms with van der Waals surface area (Å²) in [4.78, 5) is 12.0. The molecule has 0 spiro atoms. The van der Waals surface area contributed by atoms with Crippen molar-refractivity contribution in [3.8, 4) is 0 Å². The maximum atomic E-state index is 12.0. The first kappa shape index (κ1) is 12.2. The first-order valence-corrected chi connectivity index (χ1v) is 6.19. The summed E-state index contributed by atoms with van der Waals surface area (Å²) in [7, 11) is 0. The van der Waals surface area contributed by atoms with Crippen LogP contribution in [0.5, 0.6) is 0 Å². The Morgan fingerprint density at radius 1 is 1.05 bits per heavy atom. The molecule has 1 aromatic heterocycles. The Kier molecular flexibility index (Phi) is 3.29. The van der Waals surface area contributed by atoms with Crippen molar-refractivity contribution < 1.29 is 9.21 Å². The molecule has 3 rings (SSSR count). The van der Waals surface area contributed by atoms with Crippen molar-refractivity contribution in [3.63, 3.8) is 0 Å². The van der Waals surface area contributed by atoms with Gasteiger partial charge in [0.25, 0.3) is 5.91 Å². The normalized spacial score (nSPS) is 11.0. The number of furan rings is 1. The average molecular weight is 264 g/mol. The van der Waals surface area contributed by atoms with Crippen LogP contribution in [0.3, 0.4) is 0 Å². The topological polar surface area (TPSA) is 54.6 Å². The van der Waals surface area contributed by atoms with Crippen LogP contribution in [-0.4, -0.2) is 12.1 Å². The molecule has 2 aromatic carbocycles. The third-order valence-corrected chi connectivity index (χ3v) is 2.90. The minimum atomic E-state index is -0.290. The lowest BCUT2D eigenvalue weighted by atomic mass is 10.2. The molecule has 1 heterocycles. The summed E-state index contributed by atoms with van der Waals surface area (Å²) in [5.74, 6) is -0.290. The second kappa shape index (κ2) is 5.40. The lowest BCUT2D eigenvalue weighted by Crippen LogP contribution is -2.17. The molecule has 0 aliphatic carbocycles. The van der Waals surface area contributed by atoms with Crippen molar-refractivity contribution in [2.24, 2.45) is 5.10 Å². The van der Waals surface area contributed by atoms with Gasteiger partial charge in [0.1, 0.15) is 11.8 Å². The minimum absolute atomic E-state index is 0.290. The van der Waals surface area contributed by atoms with Crippen LogP contribution in [0.4, 0.5) is 0 Å². The highest BCUT2D eigenvalue weighted by molar-refractivity contribution is 6.06. The zero-order valence-electron chi connectivity index (χ0n) is 10.6. The summed E-state index contributed by atoms with van der Waals surface area (Å²) in [6.07, 6.45) is 3.04. The van der Waals surface area contributed by atoms with Gasteiger partial charge in [0.2, 0.25) is 0 Å². The van der Waals surface area contributed by atoms with Crippen LogP contribution in [0.1, 0.15) is 15.9 Å². The van der Waals surface area contributed by atoms with Crippen molar-refractivity contribution in [3.05, 3.63) is 72.0 Å². The summed E-state index contributed by atoms with van der Waals surface area (Å²) >= 11 is 0. The molecular weight excluding hydrogens is 252 g/mol. The number of carbonyl (C=O) groups excluding carboxylic acids is 1. The van der Waals surface area contributed by atoms with Crippen molar-refractivity contribution in [1.82, 2.24) is 5.43 Å². The minimum Gasteiger partial charge on any atom is -0.463 e. The molecule has 0 saturated heterocycles. The first-order valence-electron chi connectivity index (χ1n) is 6.19. The Bertz CT molecular complexity index is 760. The number of nitrogens with one attached hydrogen (secondary N) is 1. The first-order chi connectivity index (χ1) is 9.84. The highest BCUT2D eigenvalue weighted by Crippen LogP contribution is 2.20. The fourth-order valence-electron chi connectivity index (χ4n) is 1.92.